The second-order valence-corrected chi connectivity index (χ2v) is 5.86. The molecule has 1 N–H and O–H groups in total. The molecule has 0 spiro atoms. The van der Waals surface area contributed by atoms with Crippen molar-refractivity contribution in [1.82, 2.24) is 5.32 Å². The van der Waals surface area contributed by atoms with E-state index < -0.39 is 0 Å². The average Bonchev–Trinajstić information content (AvgIpc) is 2.75. The summed E-state index contributed by atoms with van der Waals surface area (Å²) < 4.78 is 5.70. The van der Waals surface area contributed by atoms with Crippen LogP contribution in [0.15, 0.2) is 0 Å². The fraction of sp³-hybridized carbons (Fsp3) is 1.00. The summed E-state index contributed by atoms with van der Waals surface area (Å²) in [6.45, 7) is 1.01. The molecule has 1 saturated carbocycles. The van der Waals surface area contributed by atoms with E-state index in [-0.39, 0.29) is 0 Å². The van der Waals surface area contributed by atoms with Gasteiger partial charge in [-0.25, -0.2) is 0 Å². The number of hydrogen-bond donors (Lipinski definition) is 1. The van der Waals surface area contributed by atoms with Crippen LogP contribution in [-0.2, 0) is 4.74 Å². The molecule has 1 aliphatic carbocycles. The Morgan fingerprint density at radius 2 is 1.88 bits per heavy atom. The molecule has 3 unspecified atom stereocenters. The van der Waals surface area contributed by atoms with Gasteiger partial charge >= 0.3 is 0 Å². The van der Waals surface area contributed by atoms with Crippen molar-refractivity contribution in [3.8, 4) is 0 Å². The van der Waals surface area contributed by atoms with E-state index in [1.807, 2.05) is 0 Å². The van der Waals surface area contributed by atoms with Crippen molar-refractivity contribution in [2.45, 2.75) is 76.4 Å². The van der Waals surface area contributed by atoms with Crippen molar-refractivity contribution in [2.75, 3.05) is 13.7 Å². The predicted octanol–water partition coefficient (Wildman–Crippen LogP) is 3.50. The van der Waals surface area contributed by atoms with Gasteiger partial charge in [0.1, 0.15) is 0 Å². The minimum absolute atomic E-state index is 0.591. The molecule has 2 rings (SSSR count). The third-order valence-corrected chi connectivity index (χ3v) is 4.65. The first-order chi connectivity index (χ1) is 8.40. The van der Waals surface area contributed by atoms with Crippen molar-refractivity contribution in [1.29, 1.82) is 0 Å². The zero-order chi connectivity index (χ0) is 11.9. The van der Waals surface area contributed by atoms with Crippen LogP contribution in [0, 0.1) is 5.92 Å². The summed E-state index contributed by atoms with van der Waals surface area (Å²) in [6, 6.07) is 0.780. The first kappa shape index (κ1) is 13.4. The second kappa shape index (κ2) is 7.38. The second-order valence-electron chi connectivity index (χ2n) is 5.86. The fourth-order valence-electron chi connectivity index (χ4n) is 3.59. The highest BCUT2D eigenvalue weighted by atomic mass is 16.5. The largest absolute Gasteiger partial charge is 0.378 e. The van der Waals surface area contributed by atoms with E-state index in [1.165, 1.54) is 64.2 Å². The lowest BCUT2D eigenvalue weighted by Crippen LogP contribution is -2.32. The third kappa shape index (κ3) is 4.26. The van der Waals surface area contributed by atoms with E-state index in [0.717, 1.165) is 18.6 Å². The van der Waals surface area contributed by atoms with E-state index in [2.05, 4.69) is 12.4 Å². The smallest absolute Gasteiger partial charge is 0.0576 e. The summed E-state index contributed by atoms with van der Waals surface area (Å²) in [5.74, 6) is 0.920. The maximum Gasteiger partial charge on any atom is 0.0576 e. The highest BCUT2D eigenvalue weighted by Crippen LogP contribution is 2.28. The van der Waals surface area contributed by atoms with Crippen LogP contribution in [0.25, 0.3) is 0 Å². The Hall–Kier alpha value is -0.0800. The Kier molecular flexibility index (Phi) is 5.79. The molecular formula is C15H29NO. The zero-order valence-electron chi connectivity index (χ0n) is 11.4. The van der Waals surface area contributed by atoms with E-state index in [9.17, 15) is 0 Å². The van der Waals surface area contributed by atoms with Crippen molar-refractivity contribution < 1.29 is 4.74 Å². The summed E-state index contributed by atoms with van der Waals surface area (Å²) >= 11 is 0. The molecule has 17 heavy (non-hydrogen) atoms. The number of nitrogens with one attached hydrogen (secondary N) is 1. The maximum atomic E-state index is 5.70. The van der Waals surface area contributed by atoms with Crippen LogP contribution in [0.2, 0.25) is 0 Å². The molecule has 0 aromatic heterocycles. The van der Waals surface area contributed by atoms with E-state index in [4.69, 9.17) is 4.74 Å². The highest BCUT2D eigenvalue weighted by molar-refractivity contribution is 4.79. The molecule has 1 aliphatic heterocycles. The van der Waals surface area contributed by atoms with Crippen molar-refractivity contribution in [2.24, 2.45) is 5.92 Å². The molecule has 0 bridgehead atoms. The van der Waals surface area contributed by atoms with Gasteiger partial charge in [-0.2, -0.15) is 0 Å². The predicted molar refractivity (Wildman–Crippen MR) is 72.2 cm³/mol. The SMILES string of the molecule is CNC1CCCCCC1CCCC1CCCO1. The van der Waals surface area contributed by atoms with Crippen LogP contribution >= 0.6 is 0 Å². The Bertz CT molecular complexity index is 201. The fourth-order valence-corrected chi connectivity index (χ4v) is 3.59. The standard InChI is InChI=1S/C15H29NO/c1-16-15-11-4-2-3-7-13(15)8-5-9-14-10-6-12-17-14/h13-16H,2-12H2,1H3. The molecule has 2 aliphatic rings. The number of rotatable bonds is 5. The molecule has 2 nitrogen and oxygen atoms in total. The summed E-state index contributed by atoms with van der Waals surface area (Å²) in [5.41, 5.74) is 0. The highest BCUT2D eigenvalue weighted by Gasteiger charge is 2.22. The van der Waals surface area contributed by atoms with Crippen LogP contribution in [0.1, 0.15) is 64.2 Å². The van der Waals surface area contributed by atoms with Gasteiger partial charge in [-0.15, -0.1) is 0 Å². The van der Waals surface area contributed by atoms with Gasteiger partial charge in [0, 0.05) is 12.6 Å². The van der Waals surface area contributed by atoms with E-state index in [1.54, 1.807) is 0 Å². The van der Waals surface area contributed by atoms with Crippen molar-refractivity contribution >= 4 is 0 Å². The molecule has 2 fully saturated rings. The first-order valence-corrected chi connectivity index (χ1v) is 7.69. The van der Waals surface area contributed by atoms with Gasteiger partial charge in [0.2, 0.25) is 0 Å². The normalized spacial score (nSPS) is 34.8. The molecular weight excluding hydrogens is 210 g/mol. The van der Waals surface area contributed by atoms with Gasteiger partial charge < -0.3 is 10.1 Å². The van der Waals surface area contributed by atoms with Gasteiger partial charge in [0.25, 0.3) is 0 Å². The van der Waals surface area contributed by atoms with Gasteiger partial charge in [0.15, 0.2) is 0 Å². The minimum atomic E-state index is 0.591. The third-order valence-electron chi connectivity index (χ3n) is 4.65. The lowest BCUT2D eigenvalue weighted by molar-refractivity contribution is 0.0998. The van der Waals surface area contributed by atoms with Crippen LogP contribution in [0.4, 0.5) is 0 Å². The summed E-state index contributed by atoms with van der Waals surface area (Å²) in [5, 5.41) is 3.54. The monoisotopic (exact) mass is 239 g/mol. The lowest BCUT2D eigenvalue weighted by atomic mass is 9.89. The molecule has 0 aromatic rings. The molecule has 1 saturated heterocycles. The van der Waals surface area contributed by atoms with E-state index >= 15 is 0 Å². The molecule has 3 atom stereocenters. The lowest BCUT2D eigenvalue weighted by Gasteiger charge is -2.25. The number of hydrogen-bond acceptors (Lipinski definition) is 2. The van der Waals surface area contributed by atoms with E-state index in [0.29, 0.717) is 6.10 Å². The van der Waals surface area contributed by atoms with Crippen LogP contribution in [-0.4, -0.2) is 25.8 Å². The molecule has 2 heteroatoms. The Balaban J connectivity index is 1.67. The van der Waals surface area contributed by atoms with Gasteiger partial charge in [-0.3, -0.25) is 0 Å². The average molecular weight is 239 g/mol. The minimum Gasteiger partial charge on any atom is -0.378 e. The molecule has 100 valence electrons. The van der Waals surface area contributed by atoms with Crippen LogP contribution in [0.5, 0.6) is 0 Å². The van der Waals surface area contributed by atoms with Crippen molar-refractivity contribution in [3.63, 3.8) is 0 Å². The summed E-state index contributed by atoms with van der Waals surface area (Å²) in [7, 11) is 2.14. The Labute approximate surface area is 107 Å². The quantitative estimate of drug-likeness (QED) is 0.741. The van der Waals surface area contributed by atoms with Gasteiger partial charge in [-0.05, 0) is 51.5 Å². The summed E-state index contributed by atoms with van der Waals surface area (Å²) in [6.07, 6.45) is 14.4. The van der Waals surface area contributed by atoms with Crippen molar-refractivity contribution in [3.05, 3.63) is 0 Å². The van der Waals surface area contributed by atoms with Crippen LogP contribution < -0.4 is 5.32 Å². The maximum absolute atomic E-state index is 5.70. The molecule has 0 radical (unpaired) electrons. The topological polar surface area (TPSA) is 21.3 Å². The Morgan fingerprint density at radius 3 is 2.65 bits per heavy atom. The molecule has 0 aromatic carbocycles. The Morgan fingerprint density at radius 1 is 1.00 bits per heavy atom. The molecule has 1 heterocycles. The molecule has 0 amide bonds. The summed E-state index contributed by atoms with van der Waals surface area (Å²) in [4.78, 5) is 0. The van der Waals surface area contributed by atoms with Crippen LogP contribution in [0.3, 0.4) is 0 Å². The van der Waals surface area contributed by atoms with Gasteiger partial charge in [-0.1, -0.05) is 25.7 Å². The number of ether oxygens (including phenoxy) is 1. The zero-order valence-corrected chi connectivity index (χ0v) is 11.4. The van der Waals surface area contributed by atoms with Gasteiger partial charge in [0.05, 0.1) is 6.10 Å². The first-order valence-electron chi connectivity index (χ1n) is 7.69.